The van der Waals surface area contributed by atoms with E-state index in [2.05, 4.69) is 4.99 Å². The number of hydrogen-bond donors (Lipinski definition) is 1. The maximum atomic E-state index is 12.8. The van der Waals surface area contributed by atoms with Crippen LogP contribution in [0.3, 0.4) is 0 Å². The highest BCUT2D eigenvalue weighted by Gasteiger charge is 2.30. The summed E-state index contributed by atoms with van der Waals surface area (Å²) in [5.41, 5.74) is 2.42. The van der Waals surface area contributed by atoms with Crippen LogP contribution in [0.5, 0.6) is 5.75 Å². The molecule has 2 aromatic carbocycles. The Kier molecular flexibility index (Phi) is 5.64. The van der Waals surface area contributed by atoms with Crippen LogP contribution in [0.2, 0.25) is 0 Å². The molecule has 1 N–H and O–H groups in total. The lowest BCUT2D eigenvalue weighted by Gasteiger charge is -2.08. The van der Waals surface area contributed by atoms with Gasteiger partial charge in [-0.25, -0.2) is 9.79 Å². The monoisotopic (exact) mass is 433 g/mol. The predicted molar refractivity (Wildman–Crippen MR) is 121 cm³/mol. The molecule has 1 fully saturated rings. The molecular formula is C23H19N3O4S. The van der Waals surface area contributed by atoms with E-state index in [1.165, 1.54) is 28.8 Å². The molecule has 0 radical (unpaired) electrons. The van der Waals surface area contributed by atoms with E-state index in [4.69, 9.17) is 9.84 Å². The lowest BCUT2D eigenvalue weighted by Crippen LogP contribution is -2.23. The highest BCUT2D eigenvalue weighted by molar-refractivity contribution is 8.18. The lowest BCUT2D eigenvalue weighted by atomic mass is 10.2. The quantitative estimate of drug-likeness (QED) is 0.602. The molecule has 0 unspecified atom stereocenters. The fourth-order valence-corrected chi connectivity index (χ4v) is 4.07. The summed E-state index contributed by atoms with van der Waals surface area (Å²) in [5.74, 6) is -0.419. The van der Waals surface area contributed by atoms with Crippen LogP contribution >= 0.6 is 11.8 Å². The molecule has 1 aliphatic heterocycles. The van der Waals surface area contributed by atoms with E-state index < -0.39 is 5.97 Å². The Bertz CT molecular complexity index is 1210. The maximum absolute atomic E-state index is 12.8. The van der Waals surface area contributed by atoms with Gasteiger partial charge in [-0.2, -0.15) is 0 Å². The molecule has 1 amide bonds. The molecule has 1 aliphatic rings. The van der Waals surface area contributed by atoms with Gasteiger partial charge in [-0.3, -0.25) is 9.69 Å². The average Bonchev–Trinajstić information content (AvgIpc) is 3.34. The minimum absolute atomic E-state index is 0.145. The van der Waals surface area contributed by atoms with Crippen molar-refractivity contribution >= 4 is 40.6 Å². The zero-order valence-corrected chi connectivity index (χ0v) is 17.7. The van der Waals surface area contributed by atoms with Crippen LogP contribution < -0.4 is 4.74 Å². The summed E-state index contributed by atoms with van der Waals surface area (Å²) < 4.78 is 7.19. The number of nitrogens with zero attached hydrogens (tertiary/aromatic N) is 3. The number of carbonyl (C=O) groups excluding carboxylic acids is 1. The number of aromatic carboxylic acids is 1. The third-order valence-corrected chi connectivity index (χ3v) is 5.79. The number of rotatable bonds is 5. The molecule has 0 bridgehead atoms. The number of carboxylic acids is 1. The molecule has 156 valence electrons. The number of carbonyl (C=O) groups is 2. The summed E-state index contributed by atoms with van der Waals surface area (Å²) in [5, 5.41) is 9.65. The third-order valence-electron chi connectivity index (χ3n) is 4.73. The van der Waals surface area contributed by atoms with Crippen LogP contribution in [0.25, 0.3) is 11.8 Å². The van der Waals surface area contributed by atoms with Gasteiger partial charge in [-0.15, -0.1) is 0 Å². The smallest absolute Gasteiger partial charge is 0.335 e. The number of benzene rings is 2. The normalized spacial score (nSPS) is 16.3. The first-order valence-electron chi connectivity index (χ1n) is 9.37. The van der Waals surface area contributed by atoms with Gasteiger partial charge in [-0.05, 0) is 72.4 Å². The molecule has 2 heterocycles. The first-order valence-corrected chi connectivity index (χ1v) is 10.2. The van der Waals surface area contributed by atoms with Gasteiger partial charge in [0.05, 0.1) is 23.3 Å². The number of methoxy groups -OCH3 is 1. The average molecular weight is 433 g/mol. The Balaban J connectivity index is 1.63. The van der Waals surface area contributed by atoms with E-state index >= 15 is 0 Å². The van der Waals surface area contributed by atoms with Gasteiger partial charge in [-0.1, -0.05) is 6.07 Å². The Morgan fingerprint density at radius 1 is 1.13 bits per heavy atom. The van der Waals surface area contributed by atoms with Crippen molar-refractivity contribution in [3.63, 3.8) is 0 Å². The number of aliphatic imine (C=N–C) groups is 1. The molecule has 1 aromatic heterocycles. The largest absolute Gasteiger partial charge is 0.497 e. The van der Waals surface area contributed by atoms with Crippen LogP contribution in [0.15, 0.2) is 76.8 Å². The van der Waals surface area contributed by atoms with Gasteiger partial charge >= 0.3 is 5.97 Å². The predicted octanol–water partition coefficient (Wildman–Crippen LogP) is 4.42. The molecule has 0 spiro atoms. The minimum Gasteiger partial charge on any atom is -0.497 e. The highest BCUT2D eigenvalue weighted by Crippen LogP contribution is 2.33. The van der Waals surface area contributed by atoms with Crippen molar-refractivity contribution in [3.05, 3.63) is 83.0 Å². The molecule has 7 nitrogen and oxygen atoms in total. The number of likely N-dealkylation sites (N-methyl/N-ethyl adjacent to an activating group) is 1. The van der Waals surface area contributed by atoms with Crippen molar-refractivity contribution in [1.29, 1.82) is 0 Å². The fraction of sp³-hybridized carbons (Fsp3) is 0.0870. The molecule has 0 saturated carbocycles. The number of ether oxygens (including phenoxy) is 1. The van der Waals surface area contributed by atoms with Gasteiger partial charge in [0, 0.05) is 24.6 Å². The van der Waals surface area contributed by atoms with Crippen LogP contribution in [-0.4, -0.2) is 45.8 Å². The minimum atomic E-state index is -1.02. The van der Waals surface area contributed by atoms with Crippen LogP contribution in [0.1, 0.15) is 16.1 Å². The van der Waals surface area contributed by atoms with Crippen LogP contribution in [0, 0.1) is 0 Å². The van der Waals surface area contributed by atoms with Crippen molar-refractivity contribution in [3.8, 4) is 11.4 Å². The summed E-state index contributed by atoms with van der Waals surface area (Å²) in [6.07, 6.45) is 3.75. The molecule has 1 saturated heterocycles. The molecule has 3 aromatic rings. The SMILES string of the molecule is COc1ccc(-n2cccc2/C=C2\SC(=Nc3cccc(C(=O)O)c3)N(C)C2=O)cc1. The zero-order valence-electron chi connectivity index (χ0n) is 16.9. The van der Waals surface area contributed by atoms with E-state index in [-0.39, 0.29) is 11.5 Å². The summed E-state index contributed by atoms with van der Waals surface area (Å²) >= 11 is 1.25. The van der Waals surface area contributed by atoms with E-state index in [9.17, 15) is 9.59 Å². The summed E-state index contributed by atoms with van der Waals surface area (Å²) in [6, 6.07) is 17.8. The Hall–Kier alpha value is -3.78. The van der Waals surface area contributed by atoms with Gasteiger partial charge in [0.15, 0.2) is 5.17 Å². The van der Waals surface area contributed by atoms with Crippen molar-refractivity contribution < 1.29 is 19.4 Å². The zero-order chi connectivity index (χ0) is 22.0. The summed E-state index contributed by atoms with van der Waals surface area (Å²) in [7, 11) is 3.27. The van der Waals surface area contributed by atoms with E-state index in [0.29, 0.717) is 15.8 Å². The fourth-order valence-electron chi connectivity index (χ4n) is 3.09. The molecule has 0 atom stereocenters. The standard InChI is InChI=1S/C23H19N3O4S/c1-25-21(27)20(31-23(25)24-16-6-3-5-15(13-16)22(28)29)14-18-7-4-12-26(18)17-8-10-19(30-2)11-9-17/h3-14H,1-2H3,(H,28,29)/b20-14-,24-23?. The number of hydrogen-bond acceptors (Lipinski definition) is 5. The lowest BCUT2D eigenvalue weighted by molar-refractivity contribution is -0.121. The summed E-state index contributed by atoms with van der Waals surface area (Å²) in [4.78, 5) is 30.4. The van der Waals surface area contributed by atoms with Crippen LogP contribution in [0.4, 0.5) is 5.69 Å². The topological polar surface area (TPSA) is 84.1 Å². The highest BCUT2D eigenvalue weighted by atomic mass is 32.2. The molecule has 0 aliphatic carbocycles. The number of amides is 1. The van der Waals surface area contributed by atoms with Crippen molar-refractivity contribution in [1.82, 2.24) is 9.47 Å². The van der Waals surface area contributed by atoms with Crippen molar-refractivity contribution in [2.75, 3.05) is 14.2 Å². The third kappa shape index (κ3) is 4.24. The van der Waals surface area contributed by atoms with E-state index in [0.717, 1.165) is 17.1 Å². The second-order valence-corrected chi connectivity index (χ2v) is 7.73. The molecule has 8 heteroatoms. The second kappa shape index (κ2) is 8.53. The first kappa shape index (κ1) is 20.5. The Morgan fingerprint density at radius 2 is 1.90 bits per heavy atom. The van der Waals surface area contributed by atoms with Gasteiger partial charge in [0.1, 0.15) is 5.75 Å². The molecule has 31 heavy (non-hydrogen) atoms. The second-order valence-electron chi connectivity index (χ2n) is 6.73. The van der Waals surface area contributed by atoms with Gasteiger partial charge < -0.3 is 14.4 Å². The first-order chi connectivity index (χ1) is 15.0. The van der Waals surface area contributed by atoms with E-state index in [1.807, 2.05) is 53.2 Å². The van der Waals surface area contributed by atoms with Crippen molar-refractivity contribution in [2.24, 2.45) is 4.99 Å². The molecular weight excluding hydrogens is 414 g/mol. The Morgan fingerprint density at radius 3 is 2.61 bits per heavy atom. The summed E-state index contributed by atoms with van der Waals surface area (Å²) in [6.45, 7) is 0. The van der Waals surface area contributed by atoms with Gasteiger partial charge in [0.25, 0.3) is 5.91 Å². The number of aromatic nitrogens is 1. The maximum Gasteiger partial charge on any atom is 0.335 e. The van der Waals surface area contributed by atoms with E-state index in [1.54, 1.807) is 26.3 Å². The number of amidine groups is 1. The van der Waals surface area contributed by atoms with Gasteiger partial charge in [0.2, 0.25) is 0 Å². The number of thioether (sulfide) groups is 1. The Labute approximate surface area is 183 Å². The molecule has 4 rings (SSSR count). The van der Waals surface area contributed by atoms with Crippen LogP contribution in [-0.2, 0) is 4.79 Å². The number of carboxylic acid groups (broad SMARTS) is 1. The van der Waals surface area contributed by atoms with Crippen molar-refractivity contribution in [2.45, 2.75) is 0 Å².